The number of nitrogens with zero attached hydrogens (tertiary/aromatic N) is 1. The van der Waals surface area contributed by atoms with Gasteiger partial charge in [-0.05, 0) is 39.0 Å². The number of thioether (sulfide) groups is 1. The molecule has 120 valence electrons. The van der Waals surface area contributed by atoms with E-state index < -0.39 is 0 Å². The zero-order valence-electron chi connectivity index (χ0n) is 14.1. The van der Waals surface area contributed by atoms with E-state index in [0.29, 0.717) is 12.2 Å². The zero-order valence-corrected chi connectivity index (χ0v) is 14.9. The average Bonchev–Trinajstić information content (AvgIpc) is 2.72. The summed E-state index contributed by atoms with van der Waals surface area (Å²) in [4.78, 5) is 26.4. The number of fused-ring (bicyclic) bond motifs is 1. The number of hydrogen-bond donors (Lipinski definition) is 1. The minimum atomic E-state index is -0.311. The van der Waals surface area contributed by atoms with Crippen LogP contribution in [0.15, 0.2) is 0 Å². The third kappa shape index (κ3) is 3.55. The van der Waals surface area contributed by atoms with Gasteiger partial charge in [-0.2, -0.15) is 0 Å². The molecule has 0 saturated carbocycles. The summed E-state index contributed by atoms with van der Waals surface area (Å²) in [5.74, 6) is 0.826. The van der Waals surface area contributed by atoms with Crippen molar-refractivity contribution in [1.29, 1.82) is 0 Å². The van der Waals surface area contributed by atoms with Crippen molar-refractivity contribution in [2.75, 3.05) is 5.75 Å². The summed E-state index contributed by atoms with van der Waals surface area (Å²) in [7, 11) is 0. The maximum Gasteiger partial charge on any atom is 0.244 e. The summed E-state index contributed by atoms with van der Waals surface area (Å²) in [6, 6.07) is -0.311. The van der Waals surface area contributed by atoms with E-state index in [1.54, 1.807) is 11.8 Å². The van der Waals surface area contributed by atoms with Crippen molar-refractivity contribution in [2.24, 2.45) is 5.41 Å². The third-order valence-electron chi connectivity index (χ3n) is 4.18. The van der Waals surface area contributed by atoms with Crippen LogP contribution in [0.5, 0.6) is 0 Å². The fourth-order valence-corrected chi connectivity index (χ4v) is 5.23. The maximum absolute atomic E-state index is 12.7. The van der Waals surface area contributed by atoms with Gasteiger partial charge in [-0.25, -0.2) is 0 Å². The standard InChI is InChI=1S/C16H28N2O2S/c1-14(2,3)10-15(4,5)17-13(20)11-9-21-16(6)8-7-12(19)18(11)16/h11H,7-10H2,1-6H3,(H,17,20)/t11-,16+/m1/s1. The van der Waals surface area contributed by atoms with E-state index in [1.165, 1.54) is 0 Å². The van der Waals surface area contributed by atoms with Crippen molar-refractivity contribution in [3.63, 3.8) is 0 Å². The van der Waals surface area contributed by atoms with Crippen LogP contribution in [-0.2, 0) is 9.59 Å². The van der Waals surface area contributed by atoms with Crippen molar-refractivity contribution in [3.05, 3.63) is 0 Å². The van der Waals surface area contributed by atoms with Crippen LogP contribution in [0.4, 0.5) is 0 Å². The highest BCUT2D eigenvalue weighted by Gasteiger charge is 2.53. The lowest BCUT2D eigenvalue weighted by molar-refractivity contribution is -0.138. The number of carbonyl (C=O) groups is 2. The number of carbonyl (C=O) groups excluding carboxylic acids is 2. The minimum absolute atomic E-state index is 0.00396. The molecule has 0 aromatic rings. The summed E-state index contributed by atoms with van der Waals surface area (Å²) < 4.78 is 0. The molecule has 2 heterocycles. The molecular weight excluding hydrogens is 284 g/mol. The van der Waals surface area contributed by atoms with Crippen LogP contribution in [0.3, 0.4) is 0 Å². The van der Waals surface area contributed by atoms with Crippen LogP contribution in [0.2, 0.25) is 0 Å². The Morgan fingerprint density at radius 1 is 1.38 bits per heavy atom. The van der Waals surface area contributed by atoms with E-state index >= 15 is 0 Å². The Kier molecular flexibility index (Phi) is 4.11. The van der Waals surface area contributed by atoms with Crippen LogP contribution in [0.1, 0.15) is 60.8 Å². The minimum Gasteiger partial charge on any atom is -0.349 e. The number of rotatable bonds is 3. The monoisotopic (exact) mass is 312 g/mol. The Bertz CT molecular complexity index is 456. The van der Waals surface area contributed by atoms with Crippen LogP contribution in [-0.4, -0.2) is 38.9 Å². The molecule has 0 bridgehead atoms. The molecule has 0 aromatic heterocycles. The number of hydrogen-bond acceptors (Lipinski definition) is 3. The molecule has 2 atom stereocenters. The van der Waals surface area contributed by atoms with Gasteiger partial charge < -0.3 is 10.2 Å². The molecule has 0 radical (unpaired) electrons. The Morgan fingerprint density at radius 2 is 2.00 bits per heavy atom. The lowest BCUT2D eigenvalue weighted by Crippen LogP contribution is -2.55. The molecule has 2 aliphatic heterocycles. The molecule has 21 heavy (non-hydrogen) atoms. The first-order chi connectivity index (χ1) is 9.44. The Labute approximate surface area is 132 Å². The van der Waals surface area contributed by atoms with Gasteiger partial charge in [0, 0.05) is 17.7 Å². The van der Waals surface area contributed by atoms with Gasteiger partial charge in [-0.1, -0.05) is 20.8 Å². The van der Waals surface area contributed by atoms with Crippen LogP contribution < -0.4 is 5.32 Å². The summed E-state index contributed by atoms with van der Waals surface area (Å²) >= 11 is 1.74. The highest BCUT2D eigenvalue weighted by molar-refractivity contribution is 8.01. The molecule has 0 aromatic carbocycles. The number of amides is 2. The second kappa shape index (κ2) is 5.18. The van der Waals surface area contributed by atoms with Crippen molar-refractivity contribution in [1.82, 2.24) is 10.2 Å². The molecule has 1 N–H and O–H groups in total. The predicted octanol–water partition coefficient (Wildman–Crippen LogP) is 2.77. The lowest BCUT2D eigenvalue weighted by Gasteiger charge is -2.36. The third-order valence-corrected chi connectivity index (χ3v) is 5.69. The molecular formula is C16H28N2O2S. The summed E-state index contributed by atoms with van der Waals surface area (Å²) in [5, 5.41) is 3.16. The molecule has 2 fully saturated rings. The van der Waals surface area contributed by atoms with Crippen molar-refractivity contribution in [3.8, 4) is 0 Å². The highest BCUT2D eigenvalue weighted by atomic mass is 32.2. The molecule has 0 unspecified atom stereocenters. The Balaban J connectivity index is 2.06. The molecule has 2 rings (SSSR count). The topological polar surface area (TPSA) is 49.4 Å². The first kappa shape index (κ1) is 16.7. The maximum atomic E-state index is 12.7. The number of nitrogens with one attached hydrogen (secondary N) is 1. The van der Waals surface area contributed by atoms with Gasteiger partial charge in [0.05, 0.1) is 4.87 Å². The molecule has 0 spiro atoms. The van der Waals surface area contributed by atoms with Crippen LogP contribution in [0, 0.1) is 5.41 Å². The molecule has 0 aliphatic carbocycles. The summed E-state index contributed by atoms with van der Waals surface area (Å²) in [6.07, 6.45) is 2.32. The molecule has 5 heteroatoms. The van der Waals surface area contributed by atoms with E-state index in [-0.39, 0.29) is 33.7 Å². The highest BCUT2D eigenvalue weighted by Crippen LogP contribution is 2.47. The summed E-state index contributed by atoms with van der Waals surface area (Å²) in [6.45, 7) is 12.7. The molecule has 4 nitrogen and oxygen atoms in total. The second-order valence-corrected chi connectivity index (χ2v) is 9.88. The molecule has 2 saturated heterocycles. The SMILES string of the molecule is CC(C)(C)CC(C)(C)NC(=O)[C@H]1CS[C@@]2(C)CCC(=O)N12. The fraction of sp³-hybridized carbons (Fsp3) is 0.875. The normalized spacial score (nSPS) is 29.7. The average molecular weight is 312 g/mol. The Morgan fingerprint density at radius 3 is 2.57 bits per heavy atom. The van der Waals surface area contributed by atoms with Crippen molar-refractivity contribution in [2.45, 2.75) is 77.3 Å². The van der Waals surface area contributed by atoms with Gasteiger partial charge in [0.15, 0.2) is 0 Å². The van der Waals surface area contributed by atoms with E-state index in [9.17, 15) is 9.59 Å². The van der Waals surface area contributed by atoms with Gasteiger partial charge in [-0.15, -0.1) is 11.8 Å². The van der Waals surface area contributed by atoms with Crippen LogP contribution in [0.25, 0.3) is 0 Å². The van der Waals surface area contributed by atoms with Crippen molar-refractivity contribution >= 4 is 23.6 Å². The van der Waals surface area contributed by atoms with Crippen molar-refractivity contribution < 1.29 is 9.59 Å². The fourth-order valence-electron chi connectivity index (χ4n) is 3.80. The molecule has 2 aliphatic rings. The van der Waals surface area contributed by atoms with E-state index in [1.807, 2.05) is 4.90 Å². The van der Waals surface area contributed by atoms with Gasteiger partial charge >= 0.3 is 0 Å². The van der Waals surface area contributed by atoms with Gasteiger partial charge in [0.25, 0.3) is 0 Å². The van der Waals surface area contributed by atoms with E-state index in [4.69, 9.17) is 0 Å². The second-order valence-electron chi connectivity index (χ2n) is 8.38. The van der Waals surface area contributed by atoms with Gasteiger partial charge in [-0.3, -0.25) is 9.59 Å². The first-order valence-electron chi connectivity index (χ1n) is 7.72. The largest absolute Gasteiger partial charge is 0.349 e. The zero-order chi connectivity index (χ0) is 16.1. The van der Waals surface area contributed by atoms with Crippen LogP contribution >= 0.6 is 11.8 Å². The quantitative estimate of drug-likeness (QED) is 0.872. The predicted molar refractivity (Wildman–Crippen MR) is 87.0 cm³/mol. The smallest absolute Gasteiger partial charge is 0.244 e. The lowest BCUT2D eigenvalue weighted by atomic mass is 9.81. The van der Waals surface area contributed by atoms with Gasteiger partial charge in [0.1, 0.15) is 6.04 Å². The van der Waals surface area contributed by atoms with Gasteiger partial charge in [0.2, 0.25) is 11.8 Å². The Hall–Kier alpha value is -0.710. The van der Waals surface area contributed by atoms with E-state index in [2.05, 4.69) is 46.9 Å². The van der Waals surface area contributed by atoms with E-state index in [0.717, 1.165) is 12.8 Å². The summed E-state index contributed by atoms with van der Waals surface area (Å²) in [5.41, 5.74) is -0.110. The molecule has 2 amide bonds. The first-order valence-corrected chi connectivity index (χ1v) is 8.70.